The Hall–Kier alpha value is -1.41. The van der Waals surface area contributed by atoms with E-state index in [0.717, 1.165) is 38.3 Å². The topological polar surface area (TPSA) is 39.5 Å². The molecule has 0 bridgehead atoms. The molecule has 19 heavy (non-hydrogen) atoms. The first-order valence-electron chi connectivity index (χ1n) is 6.65. The SMILES string of the molecule is CN(C)C[C@H]1CN(Cc2ccc(C#N)cc2)CCO1. The molecule has 1 aromatic rings. The van der Waals surface area contributed by atoms with Gasteiger partial charge < -0.3 is 9.64 Å². The minimum atomic E-state index is 0.294. The maximum absolute atomic E-state index is 8.79. The monoisotopic (exact) mass is 259 g/mol. The molecule has 1 fully saturated rings. The molecule has 0 radical (unpaired) electrons. The highest BCUT2D eigenvalue weighted by Gasteiger charge is 2.20. The maximum Gasteiger partial charge on any atom is 0.0991 e. The number of nitrogens with zero attached hydrogens (tertiary/aromatic N) is 3. The Morgan fingerprint density at radius 3 is 2.74 bits per heavy atom. The lowest BCUT2D eigenvalue weighted by molar-refractivity contribution is -0.0406. The van der Waals surface area contributed by atoms with Gasteiger partial charge in [-0.15, -0.1) is 0 Å². The lowest BCUT2D eigenvalue weighted by Gasteiger charge is -2.34. The summed E-state index contributed by atoms with van der Waals surface area (Å²) in [5.41, 5.74) is 1.97. The molecular formula is C15H21N3O. The van der Waals surface area contributed by atoms with Crippen LogP contribution >= 0.6 is 0 Å². The van der Waals surface area contributed by atoms with Gasteiger partial charge in [0.05, 0.1) is 24.3 Å². The predicted molar refractivity (Wildman–Crippen MR) is 74.7 cm³/mol. The van der Waals surface area contributed by atoms with Gasteiger partial charge in [-0.3, -0.25) is 4.90 Å². The zero-order chi connectivity index (χ0) is 13.7. The van der Waals surface area contributed by atoms with Crippen LogP contribution in [-0.4, -0.2) is 56.2 Å². The van der Waals surface area contributed by atoms with Crippen molar-refractivity contribution in [3.63, 3.8) is 0 Å². The molecule has 1 aliphatic heterocycles. The molecule has 4 heteroatoms. The number of hydrogen-bond acceptors (Lipinski definition) is 4. The van der Waals surface area contributed by atoms with Crippen LogP contribution in [0.3, 0.4) is 0 Å². The molecule has 1 aliphatic rings. The Morgan fingerprint density at radius 2 is 2.11 bits per heavy atom. The third-order valence-electron chi connectivity index (χ3n) is 3.28. The third-order valence-corrected chi connectivity index (χ3v) is 3.28. The van der Waals surface area contributed by atoms with Crippen LogP contribution in [0.15, 0.2) is 24.3 Å². The summed E-state index contributed by atoms with van der Waals surface area (Å²) < 4.78 is 5.77. The molecule has 1 atom stereocenters. The summed E-state index contributed by atoms with van der Waals surface area (Å²) in [7, 11) is 4.14. The smallest absolute Gasteiger partial charge is 0.0991 e. The van der Waals surface area contributed by atoms with Gasteiger partial charge in [-0.05, 0) is 31.8 Å². The van der Waals surface area contributed by atoms with E-state index in [1.54, 1.807) is 0 Å². The van der Waals surface area contributed by atoms with Crippen molar-refractivity contribution in [2.45, 2.75) is 12.6 Å². The first kappa shape index (κ1) is 14.0. The summed E-state index contributed by atoms with van der Waals surface area (Å²) in [6.45, 7) is 4.64. The van der Waals surface area contributed by atoms with Crippen molar-refractivity contribution in [2.24, 2.45) is 0 Å². The summed E-state index contributed by atoms with van der Waals surface area (Å²) in [5, 5.41) is 8.79. The number of ether oxygens (including phenoxy) is 1. The number of rotatable bonds is 4. The lowest BCUT2D eigenvalue weighted by atomic mass is 10.1. The first-order valence-corrected chi connectivity index (χ1v) is 6.65. The molecular weight excluding hydrogens is 238 g/mol. The van der Waals surface area contributed by atoms with Crippen molar-refractivity contribution >= 4 is 0 Å². The van der Waals surface area contributed by atoms with Gasteiger partial charge in [0.2, 0.25) is 0 Å². The summed E-state index contributed by atoms with van der Waals surface area (Å²) in [5.74, 6) is 0. The van der Waals surface area contributed by atoms with Gasteiger partial charge in [-0.2, -0.15) is 5.26 Å². The van der Waals surface area contributed by atoms with Crippen molar-refractivity contribution in [3.8, 4) is 6.07 Å². The highest BCUT2D eigenvalue weighted by Crippen LogP contribution is 2.11. The second kappa shape index (κ2) is 6.67. The highest BCUT2D eigenvalue weighted by atomic mass is 16.5. The minimum absolute atomic E-state index is 0.294. The Balaban J connectivity index is 1.89. The van der Waals surface area contributed by atoms with Crippen molar-refractivity contribution in [1.82, 2.24) is 9.80 Å². The van der Waals surface area contributed by atoms with Crippen LogP contribution in [0, 0.1) is 11.3 Å². The molecule has 0 saturated carbocycles. The van der Waals surface area contributed by atoms with Gasteiger partial charge in [0.1, 0.15) is 0 Å². The van der Waals surface area contributed by atoms with Gasteiger partial charge in [0, 0.05) is 26.2 Å². The second-order valence-corrected chi connectivity index (χ2v) is 5.30. The van der Waals surface area contributed by atoms with E-state index in [0.29, 0.717) is 6.10 Å². The van der Waals surface area contributed by atoms with Crippen molar-refractivity contribution in [3.05, 3.63) is 35.4 Å². The Bertz CT molecular complexity index is 436. The van der Waals surface area contributed by atoms with Crippen LogP contribution < -0.4 is 0 Å². The Labute approximate surface area is 115 Å². The summed E-state index contributed by atoms with van der Waals surface area (Å²) >= 11 is 0. The third kappa shape index (κ3) is 4.32. The fraction of sp³-hybridized carbons (Fsp3) is 0.533. The number of likely N-dealkylation sites (N-methyl/N-ethyl adjacent to an activating group) is 1. The molecule has 1 heterocycles. The number of nitriles is 1. The van der Waals surface area contributed by atoms with Crippen LogP contribution in [0.4, 0.5) is 0 Å². The van der Waals surface area contributed by atoms with Crippen LogP contribution in [0.1, 0.15) is 11.1 Å². The van der Waals surface area contributed by atoms with Gasteiger partial charge in [0.25, 0.3) is 0 Å². The van der Waals surface area contributed by atoms with E-state index in [2.05, 4.69) is 30.0 Å². The molecule has 0 aliphatic carbocycles. The van der Waals surface area contributed by atoms with Gasteiger partial charge in [0.15, 0.2) is 0 Å². The summed E-state index contributed by atoms with van der Waals surface area (Å²) in [4.78, 5) is 4.58. The fourth-order valence-corrected chi connectivity index (χ4v) is 2.38. The number of benzene rings is 1. The van der Waals surface area contributed by atoms with E-state index in [1.165, 1.54) is 5.56 Å². The van der Waals surface area contributed by atoms with E-state index in [-0.39, 0.29) is 0 Å². The standard InChI is InChI=1S/C15H21N3O/c1-17(2)11-15-12-18(7-8-19-15)10-14-5-3-13(9-16)4-6-14/h3-6,15H,7-8,10-12H2,1-2H3/t15-/m0/s1. The van der Waals surface area contributed by atoms with Crippen molar-refractivity contribution < 1.29 is 4.74 Å². The van der Waals surface area contributed by atoms with E-state index in [4.69, 9.17) is 10.00 Å². The molecule has 0 N–H and O–H groups in total. The fourth-order valence-electron chi connectivity index (χ4n) is 2.38. The quantitative estimate of drug-likeness (QED) is 0.817. The zero-order valence-electron chi connectivity index (χ0n) is 11.7. The number of morpholine rings is 1. The largest absolute Gasteiger partial charge is 0.374 e. The minimum Gasteiger partial charge on any atom is -0.374 e. The molecule has 1 saturated heterocycles. The molecule has 0 spiro atoms. The van der Waals surface area contributed by atoms with E-state index in [1.807, 2.05) is 24.3 Å². The van der Waals surface area contributed by atoms with Crippen molar-refractivity contribution in [2.75, 3.05) is 40.3 Å². The number of hydrogen-bond donors (Lipinski definition) is 0. The Morgan fingerprint density at radius 1 is 1.37 bits per heavy atom. The molecule has 0 aromatic heterocycles. The van der Waals surface area contributed by atoms with E-state index in [9.17, 15) is 0 Å². The van der Waals surface area contributed by atoms with E-state index >= 15 is 0 Å². The second-order valence-electron chi connectivity index (χ2n) is 5.30. The van der Waals surface area contributed by atoms with Gasteiger partial charge in [-0.1, -0.05) is 12.1 Å². The summed E-state index contributed by atoms with van der Waals surface area (Å²) in [6.07, 6.45) is 0.294. The highest BCUT2D eigenvalue weighted by molar-refractivity contribution is 5.31. The average molecular weight is 259 g/mol. The molecule has 4 nitrogen and oxygen atoms in total. The van der Waals surface area contributed by atoms with Crippen LogP contribution in [0.5, 0.6) is 0 Å². The van der Waals surface area contributed by atoms with Crippen molar-refractivity contribution in [1.29, 1.82) is 5.26 Å². The molecule has 2 rings (SSSR count). The van der Waals surface area contributed by atoms with Crippen LogP contribution in [0.25, 0.3) is 0 Å². The molecule has 0 unspecified atom stereocenters. The normalized spacial score (nSPS) is 20.4. The predicted octanol–water partition coefficient (Wildman–Crippen LogP) is 1.32. The summed E-state index contributed by atoms with van der Waals surface area (Å²) in [6, 6.07) is 9.98. The van der Waals surface area contributed by atoms with Gasteiger partial charge >= 0.3 is 0 Å². The first-order chi connectivity index (χ1) is 9.17. The molecule has 0 amide bonds. The Kier molecular flexibility index (Phi) is 4.92. The lowest BCUT2D eigenvalue weighted by Crippen LogP contribution is -2.45. The van der Waals surface area contributed by atoms with Crippen LogP contribution in [0.2, 0.25) is 0 Å². The molecule has 102 valence electrons. The van der Waals surface area contributed by atoms with Gasteiger partial charge in [-0.25, -0.2) is 0 Å². The average Bonchev–Trinajstić information content (AvgIpc) is 2.39. The molecule has 1 aromatic carbocycles. The van der Waals surface area contributed by atoms with Crippen LogP contribution in [-0.2, 0) is 11.3 Å². The maximum atomic E-state index is 8.79. The zero-order valence-corrected chi connectivity index (χ0v) is 11.7. The van der Waals surface area contributed by atoms with E-state index < -0.39 is 0 Å².